The van der Waals surface area contributed by atoms with Gasteiger partial charge in [-0.2, -0.15) is 5.26 Å². The van der Waals surface area contributed by atoms with E-state index in [1.54, 1.807) is 7.11 Å². The first-order chi connectivity index (χ1) is 8.16. The molecular weight excluding hydrogens is 216 g/mol. The maximum Gasteiger partial charge on any atom is 0.118 e. The van der Waals surface area contributed by atoms with Crippen LogP contribution in [0.3, 0.4) is 0 Å². The summed E-state index contributed by atoms with van der Waals surface area (Å²) in [5.74, 6) is 0.748. The molecule has 1 aromatic carbocycles. The average molecular weight is 230 g/mol. The highest BCUT2D eigenvalue weighted by molar-refractivity contribution is 5.31. The molecule has 0 heterocycles. The van der Waals surface area contributed by atoms with E-state index in [-0.39, 0.29) is 0 Å². The number of nitrogens with zero attached hydrogens (tertiary/aromatic N) is 4. The maximum absolute atomic E-state index is 8.62. The first kappa shape index (κ1) is 12.9. The topological polar surface area (TPSA) is 81.8 Å². The van der Waals surface area contributed by atoms with Gasteiger partial charge in [0.15, 0.2) is 0 Å². The fraction of sp³-hybridized carbons (Fsp3) is 0.417. The number of hydrogen-bond acceptors (Lipinski definition) is 3. The molecular formula is C12H14N4O. The van der Waals surface area contributed by atoms with Gasteiger partial charge >= 0.3 is 0 Å². The molecule has 88 valence electrons. The summed E-state index contributed by atoms with van der Waals surface area (Å²) in [4.78, 5) is 2.86. The molecule has 17 heavy (non-hydrogen) atoms. The molecule has 0 N–H and O–H groups in total. The minimum Gasteiger partial charge on any atom is -0.497 e. The molecule has 0 spiro atoms. The van der Waals surface area contributed by atoms with E-state index in [4.69, 9.17) is 15.5 Å². The van der Waals surface area contributed by atoms with E-state index in [9.17, 15) is 0 Å². The first-order valence-corrected chi connectivity index (χ1v) is 5.24. The van der Waals surface area contributed by atoms with E-state index in [1.165, 1.54) is 0 Å². The summed E-state index contributed by atoms with van der Waals surface area (Å²) in [7, 11) is 1.59. The van der Waals surface area contributed by atoms with Gasteiger partial charge in [-0.1, -0.05) is 17.2 Å². The third kappa shape index (κ3) is 3.13. The number of azide groups is 1. The van der Waals surface area contributed by atoms with Gasteiger partial charge in [0, 0.05) is 11.3 Å². The Labute approximate surface area is 100 Å². The normalized spacial score (nSPS) is 13.0. The fourth-order valence-electron chi connectivity index (χ4n) is 1.60. The molecule has 5 nitrogen and oxygen atoms in total. The Kier molecular flexibility index (Phi) is 4.38. The Bertz CT molecular complexity index is 456. The Hall–Kier alpha value is -2.18. The van der Waals surface area contributed by atoms with Crippen molar-refractivity contribution < 1.29 is 4.74 Å². The highest BCUT2D eigenvalue weighted by atomic mass is 16.5. The van der Waals surface area contributed by atoms with Crippen LogP contribution in [0.15, 0.2) is 29.4 Å². The SMILES string of the molecule is COc1ccc(C(C)(CCC#N)N=[N+]=[N-])cc1. The quantitative estimate of drug-likeness (QED) is 0.440. The summed E-state index contributed by atoms with van der Waals surface area (Å²) in [5, 5.41) is 12.4. The second-order valence-electron chi connectivity index (χ2n) is 3.85. The summed E-state index contributed by atoms with van der Waals surface area (Å²) in [5.41, 5.74) is 8.81. The van der Waals surface area contributed by atoms with E-state index in [0.29, 0.717) is 12.8 Å². The van der Waals surface area contributed by atoms with Gasteiger partial charge in [-0.15, -0.1) is 0 Å². The molecule has 1 aromatic rings. The Morgan fingerprint density at radius 2 is 2.12 bits per heavy atom. The van der Waals surface area contributed by atoms with Gasteiger partial charge in [0.2, 0.25) is 0 Å². The third-order valence-electron chi connectivity index (χ3n) is 2.70. The van der Waals surface area contributed by atoms with E-state index >= 15 is 0 Å². The van der Waals surface area contributed by atoms with Gasteiger partial charge in [-0.05, 0) is 36.6 Å². The fourth-order valence-corrected chi connectivity index (χ4v) is 1.60. The van der Waals surface area contributed by atoms with E-state index in [2.05, 4.69) is 16.1 Å². The van der Waals surface area contributed by atoms with Crippen molar-refractivity contribution in [3.8, 4) is 11.8 Å². The van der Waals surface area contributed by atoms with Crippen molar-refractivity contribution in [3.05, 3.63) is 40.3 Å². The third-order valence-corrected chi connectivity index (χ3v) is 2.70. The van der Waals surface area contributed by atoms with Crippen LogP contribution in [0.4, 0.5) is 0 Å². The van der Waals surface area contributed by atoms with Crippen LogP contribution in [0.5, 0.6) is 5.75 Å². The van der Waals surface area contributed by atoms with Crippen molar-refractivity contribution in [1.29, 1.82) is 5.26 Å². The summed E-state index contributed by atoms with van der Waals surface area (Å²) >= 11 is 0. The Balaban J connectivity index is 3.04. The molecule has 0 saturated heterocycles. The van der Waals surface area contributed by atoms with Crippen LogP contribution in [-0.4, -0.2) is 7.11 Å². The largest absolute Gasteiger partial charge is 0.497 e. The lowest BCUT2D eigenvalue weighted by Crippen LogP contribution is -2.17. The van der Waals surface area contributed by atoms with Crippen molar-refractivity contribution in [2.45, 2.75) is 25.3 Å². The van der Waals surface area contributed by atoms with Crippen LogP contribution in [0.25, 0.3) is 10.4 Å². The number of rotatable bonds is 5. The number of benzene rings is 1. The van der Waals surface area contributed by atoms with Crippen LogP contribution in [0.2, 0.25) is 0 Å². The molecule has 0 aliphatic heterocycles. The maximum atomic E-state index is 8.62. The number of nitriles is 1. The second kappa shape index (κ2) is 5.78. The first-order valence-electron chi connectivity index (χ1n) is 5.24. The molecule has 0 aromatic heterocycles. The average Bonchev–Trinajstić information content (AvgIpc) is 2.37. The van der Waals surface area contributed by atoms with Crippen LogP contribution in [0.1, 0.15) is 25.3 Å². The van der Waals surface area contributed by atoms with E-state index < -0.39 is 5.54 Å². The van der Waals surface area contributed by atoms with Crippen molar-refractivity contribution in [2.75, 3.05) is 7.11 Å². The molecule has 0 fully saturated rings. The van der Waals surface area contributed by atoms with Gasteiger partial charge in [0.25, 0.3) is 0 Å². The molecule has 0 saturated carbocycles. The van der Waals surface area contributed by atoms with Gasteiger partial charge in [-0.25, -0.2) is 0 Å². The molecule has 0 bridgehead atoms. The van der Waals surface area contributed by atoms with Gasteiger partial charge in [0.05, 0.1) is 18.7 Å². The Morgan fingerprint density at radius 1 is 1.47 bits per heavy atom. The molecule has 0 aliphatic rings. The summed E-state index contributed by atoms with van der Waals surface area (Å²) < 4.78 is 5.07. The lowest BCUT2D eigenvalue weighted by Gasteiger charge is -2.23. The highest BCUT2D eigenvalue weighted by Gasteiger charge is 2.24. The molecule has 0 amide bonds. The zero-order valence-corrected chi connectivity index (χ0v) is 9.92. The zero-order chi connectivity index (χ0) is 12.7. The lowest BCUT2D eigenvalue weighted by atomic mass is 9.88. The van der Waals surface area contributed by atoms with Crippen LogP contribution < -0.4 is 4.74 Å². The van der Waals surface area contributed by atoms with Gasteiger partial charge in [0.1, 0.15) is 5.75 Å². The van der Waals surface area contributed by atoms with Crippen molar-refractivity contribution >= 4 is 0 Å². The number of ether oxygens (including phenoxy) is 1. The zero-order valence-electron chi connectivity index (χ0n) is 9.92. The molecule has 1 atom stereocenters. The summed E-state index contributed by atoms with van der Waals surface area (Å²) in [6, 6.07) is 9.39. The number of methoxy groups -OCH3 is 1. The molecule has 1 rings (SSSR count). The van der Waals surface area contributed by atoms with Crippen molar-refractivity contribution in [2.24, 2.45) is 5.11 Å². The smallest absolute Gasteiger partial charge is 0.118 e. The molecule has 0 radical (unpaired) electrons. The molecule has 5 heteroatoms. The summed E-state index contributed by atoms with van der Waals surface area (Å²) in [6.45, 7) is 1.83. The Morgan fingerprint density at radius 3 is 2.59 bits per heavy atom. The standard InChI is InChI=1S/C12H14N4O/c1-12(15-16-14,8-3-9-13)10-4-6-11(17-2)7-5-10/h4-7H,3,8H2,1-2H3. The monoisotopic (exact) mass is 230 g/mol. The minimum atomic E-state index is -0.684. The van der Waals surface area contributed by atoms with Crippen molar-refractivity contribution in [3.63, 3.8) is 0 Å². The number of hydrogen-bond donors (Lipinski definition) is 0. The van der Waals surface area contributed by atoms with Crippen LogP contribution in [-0.2, 0) is 5.54 Å². The summed E-state index contributed by atoms with van der Waals surface area (Å²) in [6.07, 6.45) is 0.849. The highest BCUT2D eigenvalue weighted by Crippen LogP contribution is 2.31. The van der Waals surface area contributed by atoms with Crippen LogP contribution >= 0.6 is 0 Å². The van der Waals surface area contributed by atoms with Crippen molar-refractivity contribution in [1.82, 2.24) is 0 Å². The van der Waals surface area contributed by atoms with E-state index in [0.717, 1.165) is 11.3 Å². The predicted molar refractivity (Wildman–Crippen MR) is 64.3 cm³/mol. The van der Waals surface area contributed by atoms with Gasteiger partial charge < -0.3 is 4.74 Å². The lowest BCUT2D eigenvalue weighted by molar-refractivity contribution is 0.412. The minimum absolute atomic E-state index is 0.349. The van der Waals surface area contributed by atoms with Crippen LogP contribution in [0, 0.1) is 11.3 Å². The molecule has 1 unspecified atom stereocenters. The predicted octanol–water partition coefficient (Wildman–Crippen LogP) is 3.52. The second-order valence-corrected chi connectivity index (χ2v) is 3.85. The van der Waals surface area contributed by atoms with E-state index in [1.807, 2.05) is 31.2 Å². The van der Waals surface area contributed by atoms with Gasteiger partial charge in [-0.3, -0.25) is 0 Å². The molecule has 0 aliphatic carbocycles.